The molecule has 25 heavy (non-hydrogen) atoms. The first kappa shape index (κ1) is 16.2. The average molecular weight is 339 g/mol. The molecule has 2 atom stereocenters. The Labute approximate surface area is 147 Å². The molecule has 0 spiro atoms. The summed E-state index contributed by atoms with van der Waals surface area (Å²) in [6, 6.07) is 4.50. The molecular formula is C20H25N3O2. The zero-order chi connectivity index (χ0) is 17.7. The predicted octanol–water partition coefficient (Wildman–Crippen LogP) is 2.37. The lowest BCUT2D eigenvalue weighted by atomic mass is 9.92. The lowest BCUT2D eigenvalue weighted by molar-refractivity contribution is -0.132. The highest BCUT2D eigenvalue weighted by Crippen LogP contribution is 2.30. The summed E-state index contributed by atoms with van der Waals surface area (Å²) in [6.07, 6.45) is 1.85. The van der Waals surface area contributed by atoms with Gasteiger partial charge in [0.2, 0.25) is 11.8 Å². The fourth-order valence-corrected chi connectivity index (χ4v) is 4.45. The number of carbonyl (C=O) groups excluding carboxylic acids is 2. The molecule has 2 fully saturated rings. The van der Waals surface area contributed by atoms with Crippen molar-refractivity contribution in [1.29, 1.82) is 0 Å². The molecule has 2 aliphatic heterocycles. The Morgan fingerprint density at radius 1 is 1.24 bits per heavy atom. The van der Waals surface area contributed by atoms with Gasteiger partial charge < -0.3 is 15.2 Å². The van der Waals surface area contributed by atoms with Crippen LogP contribution in [0.2, 0.25) is 0 Å². The molecule has 2 saturated heterocycles. The molecule has 0 aliphatic carbocycles. The van der Waals surface area contributed by atoms with Crippen LogP contribution in [0.15, 0.2) is 12.1 Å². The van der Waals surface area contributed by atoms with Crippen molar-refractivity contribution in [2.75, 3.05) is 13.1 Å². The first-order valence-electron chi connectivity index (χ1n) is 9.08. The Bertz CT molecular complexity index is 867. The second-order valence-corrected chi connectivity index (χ2v) is 7.62. The van der Waals surface area contributed by atoms with Crippen LogP contribution < -0.4 is 5.32 Å². The number of aromatic nitrogens is 1. The fraction of sp³-hybridized carbons (Fsp3) is 0.500. The van der Waals surface area contributed by atoms with Crippen LogP contribution in [-0.4, -0.2) is 40.8 Å². The average Bonchev–Trinajstić information content (AvgIpc) is 3.10. The van der Waals surface area contributed by atoms with E-state index in [0.717, 1.165) is 29.7 Å². The number of benzene rings is 1. The molecule has 1 aromatic carbocycles. The van der Waals surface area contributed by atoms with E-state index in [1.165, 1.54) is 16.5 Å². The van der Waals surface area contributed by atoms with Gasteiger partial charge >= 0.3 is 0 Å². The first-order chi connectivity index (χ1) is 11.9. The second-order valence-electron chi connectivity index (χ2n) is 7.62. The Morgan fingerprint density at radius 2 is 2.00 bits per heavy atom. The summed E-state index contributed by atoms with van der Waals surface area (Å²) in [5.74, 6) is 0.573. The van der Waals surface area contributed by atoms with Crippen molar-refractivity contribution in [3.63, 3.8) is 0 Å². The number of aromatic amines is 1. The number of likely N-dealkylation sites (tertiary alicyclic amines) is 1. The highest BCUT2D eigenvalue weighted by molar-refractivity contribution is 5.94. The molecular weight excluding hydrogens is 314 g/mol. The monoisotopic (exact) mass is 339 g/mol. The lowest BCUT2D eigenvalue weighted by Gasteiger charge is -2.34. The molecule has 132 valence electrons. The molecule has 0 saturated carbocycles. The van der Waals surface area contributed by atoms with Gasteiger partial charge in [-0.1, -0.05) is 12.1 Å². The largest absolute Gasteiger partial charge is 0.358 e. The second kappa shape index (κ2) is 5.90. The minimum atomic E-state index is 0.128. The molecule has 0 radical (unpaired) electrons. The number of nitrogens with one attached hydrogen (secondary N) is 2. The molecule has 4 rings (SSSR count). The minimum absolute atomic E-state index is 0.128. The van der Waals surface area contributed by atoms with E-state index in [1.807, 2.05) is 11.8 Å². The smallest absolute Gasteiger partial charge is 0.227 e. The zero-order valence-corrected chi connectivity index (χ0v) is 15.1. The standard InChI is InChI=1S/C20H25N3O2/c1-11-4-5-12(2)20-19(11)15(13(3)21-20)9-18(25)23-7-6-16-14(10-23)8-17(24)22-16/h4-5,14,16,21H,6-10H2,1-3H3,(H,22,24)/t14-,16+/m1/s1. The number of H-pyrrole nitrogens is 1. The third-order valence-corrected chi connectivity index (χ3v) is 5.90. The molecule has 2 aromatic rings. The number of aryl methyl sites for hydroxylation is 3. The van der Waals surface area contributed by atoms with E-state index in [0.29, 0.717) is 19.4 Å². The van der Waals surface area contributed by atoms with E-state index in [1.54, 1.807) is 0 Å². The first-order valence-corrected chi connectivity index (χ1v) is 9.08. The van der Waals surface area contributed by atoms with E-state index in [4.69, 9.17) is 0 Å². The van der Waals surface area contributed by atoms with Gasteiger partial charge in [-0.05, 0) is 43.9 Å². The number of amides is 2. The summed E-state index contributed by atoms with van der Waals surface area (Å²) in [5, 5.41) is 4.22. The summed E-state index contributed by atoms with van der Waals surface area (Å²) < 4.78 is 0. The Hall–Kier alpha value is -2.30. The molecule has 3 heterocycles. The van der Waals surface area contributed by atoms with Crippen LogP contribution in [0.1, 0.15) is 35.2 Å². The zero-order valence-electron chi connectivity index (χ0n) is 15.1. The van der Waals surface area contributed by atoms with E-state index < -0.39 is 0 Å². The van der Waals surface area contributed by atoms with Crippen LogP contribution in [-0.2, 0) is 16.0 Å². The third-order valence-electron chi connectivity index (χ3n) is 5.90. The highest BCUT2D eigenvalue weighted by Gasteiger charge is 2.38. The summed E-state index contributed by atoms with van der Waals surface area (Å²) in [6.45, 7) is 7.68. The summed E-state index contributed by atoms with van der Waals surface area (Å²) in [5.41, 5.74) is 5.75. The Balaban J connectivity index is 1.57. The van der Waals surface area contributed by atoms with Gasteiger partial charge in [-0.2, -0.15) is 0 Å². The van der Waals surface area contributed by atoms with Crippen molar-refractivity contribution >= 4 is 22.7 Å². The fourth-order valence-electron chi connectivity index (χ4n) is 4.45. The number of rotatable bonds is 2. The summed E-state index contributed by atoms with van der Waals surface area (Å²) >= 11 is 0. The molecule has 5 nitrogen and oxygen atoms in total. The van der Waals surface area contributed by atoms with E-state index in [-0.39, 0.29) is 23.8 Å². The van der Waals surface area contributed by atoms with Crippen LogP contribution >= 0.6 is 0 Å². The Kier molecular flexibility index (Phi) is 3.82. The van der Waals surface area contributed by atoms with E-state index in [2.05, 4.69) is 36.3 Å². The van der Waals surface area contributed by atoms with Crippen LogP contribution in [0.25, 0.3) is 10.9 Å². The molecule has 2 amide bonds. The number of piperidine rings is 1. The molecule has 1 aromatic heterocycles. The number of nitrogens with zero attached hydrogens (tertiary/aromatic N) is 1. The SMILES string of the molecule is Cc1[nH]c2c(C)ccc(C)c2c1CC(=O)N1CC[C@@H]2NC(=O)C[C@@H]2C1. The van der Waals surface area contributed by atoms with Gasteiger partial charge in [-0.15, -0.1) is 0 Å². The maximum absolute atomic E-state index is 12.9. The van der Waals surface area contributed by atoms with Crippen molar-refractivity contribution in [1.82, 2.24) is 15.2 Å². The molecule has 0 bridgehead atoms. The van der Waals surface area contributed by atoms with Gasteiger partial charge in [-0.25, -0.2) is 0 Å². The third kappa shape index (κ3) is 2.71. The van der Waals surface area contributed by atoms with Gasteiger partial charge in [0.25, 0.3) is 0 Å². The normalized spacial score (nSPS) is 23.0. The van der Waals surface area contributed by atoms with Crippen LogP contribution in [0.3, 0.4) is 0 Å². The van der Waals surface area contributed by atoms with E-state index in [9.17, 15) is 9.59 Å². The van der Waals surface area contributed by atoms with Gasteiger partial charge in [0.05, 0.1) is 6.42 Å². The predicted molar refractivity (Wildman–Crippen MR) is 97.4 cm³/mol. The minimum Gasteiger partial charge on any atom is -0.358 e. The van der Waals surface area contributed by atoms with Crippen molar-refractivity contribution < 1.29 is 9.59 Å². The van der Waals surface area contributed by atoms with Gasteiger partial charge in [0.15, 0.2) is 0 Å². The number of hydrogen-bond donors (Lipinski definition) is 2. The van der Waals surface area contributed by atoms with Crippen molar-refractivity contribution in [2.45, 2.75) is 46.1 Å². The quantitative estimate of drug-likeness (QED) is 0.882. The van der Waals surface area contributed by atoms with Gasteiger partial charge in [0, 0.05) is 48.1 Å². The molecule has 5 heteroatoms. The Morgan fingerprint density at radius 3 is 2.80 bits per heavy atom. The lowest BCUT2D eigenvalue weighted by Crippen LogP contribution is -2.47. The number of hydrogen-bond acceptors (Lipinski definition) is 2. The van der Waals surface area contributed by atoms with Crippen LogP contribution in [0.4, 0.5) is 0 Å². The van der Waals surface area contributed by atoms with Crippen LogP contribution in [0, 0.1) is 26.7 Å². The molecule has 2 aliphatic rings. The van der Waals surface area contributed by atoms with Crippen molar-refractivity contribution in [3.05, 3.63) is 34.5 Å². The van der Waals surface area contributed by atoms with Crippen molar-refractivity contribution in [2.24, 2.45) is 5.92 Å². The number of carbonyl (C=O) groups is 2. The molecule has 0 unspecified atom stereocenters. The molecule has 2 N–H and O–H groups in total. The van der Waals surface area contributed by atoms with E-state index >= 15 is 0 Å². The topological polar surface area (TPSA) is 65.2 Å². The highest BCUT2D eigenvalue weighted by atomic mass is 16.2. The summed E-state index contributed by atoms with van der Waals surface area (Å²) in [7, 11) is 0. The summed E-state index contributed by atoms with van der Waals surface area (Å²) in [4.78, 5) is 29.9. The number of fused-ring (bicyclic) bond motifs is 2. The maximum Gasteiger partial charge on any atom is 0.227 e. The maximum atomic E-state index is 12.9. The van der Waals surface area contributed by atoms with Crippen LogP contribution in [0.5, 0.6) is 0 Å². The van der Waals surface area contributed by atoms with Gasteiger partial charge in [-0.3, -0.25) is 9.59 Å². The van der Waals surface area contributed by atoms with Gasteiger partial charge in [0.1, 0.15) is 0 Å². The van der Waals surface area contributed by atoms with Crippen molar-refractivity contribution in [3.8, 4) is 0 Å².